The van der Waals surface area contributed by atoms with E-state index in [1.54, 1.807) is 4.57 Å². The maximum absolute atomic E-state index is 15.4. The van der Waals surface area contributed by atoms with E-state index >= 15 is 4.39 Å². The third kappa shape index (κ3) is 3.26. The predicted molar refractivity (Wildman–Crippen MR) is 115 cm³/mol. The van der Waals surface area contributed by atoms with E-state index < -0.39 is 17.2 Å². The van der Waals surface area contributed by atoms with Gasteiger partial charge in [0, 0.05) is 43.4 Å². The third-order valence-electron chi connectivity index (χ3n) is 6.73. The number of carbonyl (C=O) groups is 1. The standard InChI is InChI=1S/C21H24FN3O5.ClH/c1-29-19-16-12(18(26)13(20(27)28)7-25(16)11-2-3-11)6-14(22)17(19)24-8-15(23)21(9-24)4-5-30-10-21;/h6-7,11,15H,2-5,8-10,23H2,1H3,(H,27,28);1H/t15-,21+;/m1./s1. The van der Waals surface area contributed by atoms with E-state index in [9.17, 15) is 14.7 Å². The minimum absolute atomic E-state index is 0. The Morgan fingerprint density at radius 2 is 2.16 bits per heavy atom. The Balaban J connectivity index is 0.00000231. The number of carboxylic acids is 1. The van der Waals surface area contributed by atoms with Crippen molar-refractivity contribution >= 4 is 35.0 Å². The fraction of sp³-hybridized carbons (Fsp3) is 0.524. The summed E-state index contributed by atoms with van der Waals surface area (Å²) < 4.78 is 28.4. The van der Waals surface area contributed by atoms with Crippen LogP contribution in [0.15, 0.2) is 17.1 Å². The topological polar surface area (TPSA) is 107 Å². The second-order valence-electron chi connectivity index (χ2n) is 8.60. The fourth-order valence-electron chi connectivity index (χ4n) is 4.93. The molecule has 0 amide bonds. The minimum atomic E-state index is -1.33. The second-order valence-corrected chi connectivity index (χ2v) is 8.60. The summed E-state index contributed by atoms with van der Waals surface area (Å²) in [5.41, 5.74) is 5.81. The summed E-state index contributed by atoms with van der Waals surface area (Å²) in [4.78, 5) is 26.3. The number of nitrogens with two attached hydrogens (primary N) is 1. The molecule has 1 aliphatic carbocycles. The highest BCUT2D eigenvalue weighted by Gasteiger charge is 2.48. The van der Waals surface area contributed by atoms with Crippen molar-refractivity contribution in [2.24, 2.45) is 11.1 Å². The summed E-state index contributed by atoms with van der Waals surface area (Å²) in [5, 5.41) is 9.47. The van der Waals surface area contributed by atoms with Crippen LogP contribution in [0.2, 0.25) is 0 Å². The number of hydrogen-bond acceptors (Lipinski definition) is 6. The van der Waals surface area contributed by atoms with Crippen LogP contribution in [0.1, 0.15) is 35.7 Å². The quantitative estimate of drug-likeness (QED) is 0.730. The number of ether oxygens (including phenoxy) is 2. The number of fused-ring (bicyclic) bond motifs is 1. The van der Waals surface area contributed by atoms with Crippen LogP contribution in [-0.4, -0.2) is 55.1 Å². The largest absolute Gasteiger partial charge is 0.492 e. The Labute approximate surface area is 184 Å². The SMILES string of the molecule is COc1c(N2C[C@@H](N)[C@@]3(CCOC3)C2)c(F)cc2c(=O)c(C(=O)O)cn(C3CC3)c12.Cl. The van der Waals surface area contributed by atoms with Crippen molar-refractivity contribution in [3.05, 3.63) is 33.9 Å². The van der Waals surface area contributed by atoms with Crippen LogP contribution in [0, 0.1) is 11.2 Å². The molecule has 1 saturated carbocycles. The number of anilines is 1. The zero-order chi connectivity index (χ0) is 21.2. The van der Waals surface area contributed by atoms with Gasteiger partial charge in [-0.2, -0.15) is 0 Å². The smallest absolute Gasteiger partial charge is 0.341 e. The molecule has 2 saturated heterocycles. The Morgan fingerprint density at radius 1 is 1.42 bits per heavy atom. The van der Waals surface area contributed by atoms with E-state index in [4.69, 9.17) is 15.2 Å². The van der Waals surface area contributed by atoms with E-state index in [1.807, 2.05) is 4.90 Å². The van der Waals surface area contributed by atoms with E-state index in [0.29, 0.717) is 31.8 Å². The predicted octanol–water partition coefficient (Wildman–Crippen LogP) is 2.16. The van der Waals surface area contributed by atoms with Gasteiger partial charge in [0.05, 0.1) is 24.6 Å². The highest BCUT2D eigenvalue weighted by atomic mass is 35.5. The first-order chi connectivity index (χ1) is 14.4. The molecule has 2 aliphatic heterocycles. The molecule has 1 aromatic carbocycles. The Morgan fingerprint density at radius 3 is 2.74 bits per heavy atom. The normalized spacial score (nSPS) is 25.3. The van der Waals surface area contributed by atoms with Gasteiger partial charge in [0.1, 0.15) is 11.3 Å². The van der Waals surface area contributed by atoms with Crippen molar-refractivity contribution in [1.29, 1.82) is 0 Å². The van der Waals surface area contributed by atoms with Crippen LogP contribution in [0.25, 0.3) is 10.9 Å². The van der Waals surface area contributed by atoms with Gasteiger partial charge in [-0.05, 0) is 25.3 Å². The molecule has 0 bridgehead atoms. The first-order valence-corrected chi connectivity index (χ1v) is 10.1. The summed E-state index contributed by atoms with van der Waals surface area (Å²) in [7, 11) is 1.44. The van der Waals surface area contributed by atoms with Crippen LogP contribution in [-0.2, 0) is 4.74 Å². The van der Waals surface area contributed by atoms with Gasteiger partial charge in [-0.15, -0.1) is 12.4 Å². The lowest BCUT2D eigenvalue weighted by Crippen LogP contribution is -2.40. The van der Waals surface area contributed by atoms with Gasteiger partial charge >= 0.3 is 5.97 Å². The highest BCUT2D eigenvalue weighted by Crippen LogP contribution is 2.47. The number of rotatable bonds is 4. The van der Waals surface area contributed by atoms with Gasteiger partial charge in [-0.1, -0.05) is 0 Å². The van der Waals surface area contributed by atoms with E-state index in [1.165, 1.54) is 13.3 Å². The second kappa shape index (κ2) is 7.65. The molecule has 3 aliphatic rings. The van der Waals surface area contributed by atoms with Crippen LogP contribution in [0.5, 0.6) is 5.75 Å². The molecule has 8 nitrogen and oxygen atoms in total. The molecule has 5 rings (SSSR count). The first-order valence-electron chi connectivity index (χ1n) is 10.1. The van der Waals surface area contributed by atoms with Gasteiger partial charge in [0.25, 0.3) is 0 Å². The van der Waals surface area contributed by atoms with Crippen molar-refractivity contribution in [3.63, 3.8) is 0 Å². The van der Waals surface area contributed by atoms with Crippen LogP contribution in [0.4, 0.5) is 10.1 Å². The number of aromatic carboxylic acids is 1. The number of nitrogens with zero attached hydrogens (tertiary/aromatic N) is 2. The number of halogens is 2. The van der Waals surface area contributed by atoms with Gasteiger partial charge in [0.15, 0.2) is 11.6 Å². The number of aromatic nitrogens is 1. The molecule has 2 aromatic rings. The molecule has 1 spiro atoms. The summed E-state index contributed by atoms with van der Waals surface area (Å²) in [6.45, 7) is 2.16. The molecular weight excluding hydrogens is 429 g/mol. The molecule has 1 aromatic heterocycles. The minimum Gasteiger partial charge on any atom is -0.492 e. The van der Waals surface area contributed by atoms with Crippen LogP contribution in [0.3, 0.4) is 0 Å². The summed E-state index contributed by atoms with van der Waals surface area (Å²) in [6, 6.07) is 1.04. The maximum atomic E-state index is 15.4. The summed E-state index contributed by atoms with van der Waals surface area (Å²) in [5.74, 6) is -1.70. The zero-order valence-electron chi connectivity index (χ0n) is 17.1. The van der Waals surface area contributed by atoms with E-state index in [2.05, 4.69) is 0 Å². The van der Waals surface area contributed by atoms with Crippen LogP contribution >= 0.6 is 12.4 Å². The molecule has 31 heavy (non-hydrogen) atoms. The lowest BCUT2D eigenvalue weighted by molar-refractivity contribution is 0.0695. The average molecular weight is 454 g/mol. The van der Waals surface area contributed by atoms with Crippen molar-refractivity contribution in [2.45, 2.75) is 31.3 Å². The highest BCUT2D eigenvalue weighted by molar-refractivity contribution is 5.97. The molecule has 3 N–H and O–H groups in total. The summed E-state index contributed by atoms with van der Waals surface area (Å²) >= 11 is 0. The van der Waals surface area contributed by atoms with Crippen molar-refractivity contribution < 1.29 is 23.8 Å². The molecule has 3 fully saturated rings. The Bertz CT molecular complexity index is 1110. The van der Waals surface area contributed by atoms with Gasteiger partial charge in [0.2, 0.25) is 5.43 Å². The molecule has 3 heterocycles. The number of carboxylic acid groups (broad SMARTS) is 1. The van der Waals surface area contributed by atoms with Crippen molar-refractivity contribution in [3.8, 4) is 5.75 Å². The lowest BCUT2D eigenvalue weighted by atomic mass is 9.83. The van der Waals surface area contributed by atoms with Crippen molar-refractivity contribution in [1.82, 2.24) is 4.57 Å². The van der Waals surface area contributed by atoms with Gasteiger partial charge in [-0.25, -0.2) is 9.18 Å². The number of methoxy groups -OCH3 is 1. The first kappa shape index (κ1) is 21.9. The average Bonchev–Trinajstić information content (AvgIpc) is 3.36. The zero-order valence-corrected chi connectivity index (χ0v) is 17.9. The third-order valence-corrected chi connectivity index (χ3v) is 6.73. The monoisotopic (exact) mass is 453 g/mol. The number of hydrogen-bond donors (Lipinski definition) is 2. The number of pyridine rings is 1. The summed E-state index contributed by atoms with van der Waals surface area (Å²) in [6.07, 6.45) is 3.90. The van der Waals surface area contributed by atoms with E-state index in [0.717, 1.165) is 25.3 Å². The van der Waals surface area contributed by atoms with Gasteiger partial charge < -0.3 is 29.8 Å². The van der Waals surface area contributed by atoms with Gasteiger partial charge in [-0.3, -0.25) is 4.79 Å². The molecule has 0 unspecified atom stereocenters. The Kier molecular flexibility index (Phi) is 5.39. The molecule has 10 heteroatoms. The van der Waals surface area contributed by atoms with Crippen molar-refractivity contribution in [2.75, 3.05) is 38.3 Å². The molecular formula is C21H25ClFN3O5. The molecule has 0 radical (unpaired) electrons. The van der Waals surface area contributed by atoms with Crippen LogP contribution < -0.4 is 20.8 Å². The fourth-order valence-corrected chi connectivity index (χ4v) is 4.93. The molecule has 2 atom stereocenters. The number of benzene rings is 1. The lowest BCUT2D eigenvalue weighted by Gasteiger charge is -2.27. The molecule has 168 valence electrons. The Hall–Kier alpha value is -2.36. The van der Waals surface area contributed by atoms with E-state index in [-0.39, 0.29) is 52.3 Å². The maximum Gasteiger partial charge on any atom is 0.341 e.